The molecule has 4 aromatic rings. The van der Waals surface area contributed by atoms with Crippen molar-refractivity contribution in [2.45, 2.75) is 38.1 Å². The predicted molar refractivity (Wildman–Crippen MR) is 116 cm³/mol. The summed E-state index contributed by atoms with van der Waals surface area (Å²) in [6.07, 6.45) is 9.70. The fourth-order valence-electron chi connectivity index (χ4n) is 4.45. The van der Waals surface area contributed by atoms with Gasteiger partial charge in [0.2, 0.25) is 0 Å². The van der Waals surface area contributed by atoms with Gasteiger partial charge in [-0.05, 0) is 61.8 Å². The van der Waals surface area contributed by atoms with Crippen LogP contribution in [0.5, 0.6) is 0 Å². The lowest BCUT2D eigenvalue weighted by molar-refractivity contribution is 0.461. The number of aromatic nitrogens is 4. The number of benzene rings is 1. The molecule has 3 N–H and O–H groups in total. The maximum absolute atomic E-state index is 5.98. The van der Waals surface area contributed by atoms with Gasteiger partial charge >= 0.3 is 0 Å². The number of nitrogen functional groups attached to an aromatic ring is 1. The van der Waals surface area contributed by atoms with Crippen LogP contribution in [-0.4, -0.2) is 26.6 Å². The van der Waals surface area contributed by atoms with E-state index in [1.54, 1.807) is 17.7 Å². The van der Waals surface area contributed by atoms with Crippen LogP contribution in [0, 0.1) is 5.92 Å². The fourth-order valence-corrected chi connectivity index (χ4v) is 5.25. The number of anilines is 2. The Kier molecular flexibility index (Phi) is 4.39. The molecule has 28 heavy (non-hydrogen) atoms. The summed E-state index contributed by atoms with van der Waals surface area (Å²) in [5.74, 6) is 1.32. The second kappa shape index (κ2) is 7.05. The third-order valence-electron chi connectivity index (χ3n) is 5.95. The first-order valence-electron chi connectivity index (χ1n) is 9.85. The Labute approximate surface area is 167 Å². The molecule has 0 aliphatic heterocycles. The van der Waals surface area contributed by atoms with Crippen LogP contribution in [-0.2, 0) is 6.42 Å². The van der Waals surface area contributed by atoms with Gasteiger partial charge in [-0.3, -0.25) is 0 Å². The van der Waals surface area contributed by atoms with Gasteiger partial charge in [-0.2, -0.15) is 0 Å². The van der Waals surface area contributed by atoms with Gasteiger partial charge in [0.25, 0.3) is 0 Å². The number of nitrogens with zero attached hydrogens (tertiary/aromatic N) is 4. The van der Waals surface area contributed by atoms with Crippen LogP contribution < -0.4 is 11.1 Å². The van der Waals surface area contributed by atoms with Crippen molar-refractivity contribution in [3.05, 3.63) is 42.4 Å². The maximum atomic E-state index is 5.98. The molecule has 3 heterocycles. The van der Waals surface area contributed by atoms with Crippen molar-refractivity contribution < 1.29 is 0 Å². The highest BCUT2D eigenvalue weighted by Gasteiger charge is 2.27. The highest BCUT2D eigenvalue weighted by Crippen LogP contribution is 2.39. The molecule has 0 bridgehead atoms. The van der Waals surface area contributed by atoms with E-state index in [1.807, 2.05) is 13.1 Å². The van der Waals surface area contributed by atoms with Crippen LogP contribution in [0.3, 0.4) is 0 Å². The molecule has 0 spiro atoms. The summed E-state index contributed by atoms with van der Waals surface area (Å²) in [5.41, 5.74) is 9.44. The summed E-state index contributed by atoms with van der Waals surface area (Å²) in [6, 6.07) is 9.26. The Hall–Kier alpha value is -2.67. The third-order valence-corrected chi connectivity index (χ3v) is 7.01. The number of aryl methyl sites for hydroxylation is 1. The largest absolute Gasteiger partial charge is 0.383 e. The van der Waals surface area contributed by atoms with E-state index >= 15 is 0 Å². The number of fused-ring (bicyclic) bond motifs is 2. The first-order valence-corrected chi connectivity index (χ1v) is 10.7. The highest BCUT2D eigenvalue weighted by atomic mass is 32.1. The van der Waals surface area contributed by atoms with E-state index in [1.165, 1.54) is 35.9 Å². The van der Waals surface area contributed by atoms with Crippen molar-refractivity contribution in [3.8, 4) is 0 Å². The molecule has 2 atom stereocenters. The molecule has 0 radical (unpaired) electrons. The standard InChI is InChI=1S/C21H24N6S/c1-23-21-26-17-11-14(5-7-18(17)28-21)3-2-13-4-6-15(10-13)27-9-8-16-19(22)24-12-25-20(16)27/h5,7-9,11-13,15H,2-4,6,10H2,1H3,(H,23,26)(H2,22,24,25). The normalized spacial score (nSPS) is 19.6. The van der Waals surface area contributed by atoms with Crippen LogP contribution >= 0.6 is 11.3 Å². The van der Waals surface area contributed by atoms with E-state index in [4.69, 9.17) is 5.73 Å². The molecule has 5 rings (SSSR count). The number of rotatable bonds is 5. The van der Waals surface area contributed by atoms with Gasteiger partial charge in [-0.1, -0.05) is 17.4 Å². The molecule has 1 fully saturated rings. The fraction of sp³-hybridized carbons (Fsp3) is 0.381. The first-order chi connectivity index (χ1) is 13.7. The van der Waals surface area contributed by atoms with E-state index in [9.17, 15) is 0 Å². The van der Waals surface area contributed by atoms with Crippen LogP contribution in [0.25, 0.3) is 21.3 Å². The number of thiazole rings is 1. The van der Waals surface area contributed by atoms with E-state index in [2.05, 4.69) is 49.2 Å². The molecule has 0 saturated heterocycles. The predicted octanol–water partition coefficient (Wildman–Crippen LogP) is 4.64. The second-order valence-corrected chi connectivity index (χ2v) is 8.69. The number of nitrogens with two attached hydrogens (primary N) is 1. The minimum atomic E-state index is 0.510. The first kappa shape index (κ1) is 17.4. The average molecular weight is 393 g/mol. The number of nitrogens with one attached hydrogen (secondary N) is 1. The molecular formula is C21H24N6S. The molecule has 144 valence electrons. The van der Waals surface area contributed by atoms with Crippen molar-refractivity contribution in [3.63, 3.8) is 0 Å². The molecule has 1 aromatic carbocycles. The Balaban J connectivity index is 1.26. The number of hydrogen-bond acceptors (Lipinski definition) is 6. The summed E-state index contributed by atoms with van der Waals surface area (Å²) >= 11 is 1.71. The van der Waals surface area contributed by atoms with Crippen LogP contribution in [0.4, 0.5) is 10.9 Å². The van der Waals surface area contributed by atoms with Gasteiger partial charge in [0.15, 0.2) is 5.13 Å². The molecular weight excluding hydrogens is 368 g/mol. The molecule has 6 nitrogen and oxygen atoms in total. The van der Waals surface area contributed by atoms with Gasteiger partial charge in [0.1, 0.15) is 17.8 Å². The lowest BCUT2D eigenvalue weighted by Crippen LogP contribution is -2.06. The van der Waals surface area contributed by atoms with Gasteiger partial charge in [0, 0.05) is 19.3 Å². The van der Waals surface area contributed by atoms with Crippen molar-refractivity contribution >= 4 is 43.5 Å². The molecule has 3 aromatic heterocycles. The lowest BCUT2D eigenvalue weighted by atomic mass is 9.98. The summed E-state index contributed by atoms with van der Waals surface area (Å²) in [7, 11) is 1.92. The molecule has 1 aliphatic rings. The molecule has 2 unspecified atom stereocenters. The Morgan fingerprint density at radius 1 is 1.25 bits per heavy atom. The second-order valence-electron chi connectivity index (χ2n) is 7.66. The quantitative estimate of drug-likeness (QED) is 0.517. The van der Waals surface area contributed by atoms with Crippen molar-refractivity contribution in [2.75, 3.05) is 18.1 Å². The molecule has 7 heteroatoms. The van der Waals surface area contributed by atoms with Crippen LogP contribution in [0.1, 0.15) is 37.3 Å². The third kappa shape index (κ3) is 3.09. The van der Waals surface area contributed by atoms with E-state index in [0.29, 0.717) is 11.9 Å². The van der Waals surface area contributed by atoms with Crippen molar-refractivity contribution in [1.29, 1.82) is 0 Å². The smallest absolute Gasteiger partial charge is 0.183 e. The Morgan fingerprint density at radius 2 is 2.18 bits per heavy atom. The average Bonchev–Trinajstić information content (AvgIpc) is 3.43. The molecule has 1 aliphatic carbocycles. The zero-order valence-electron chi connectivity index (χ0n) is 15.9. The SMILES string of the molecule is CNc1nc2cc(CCC3CCC(n4ccc5c(N)ncnc54)C3)ccc2s1. The summed E-state index contributed by atoms with van der Waals surface area (Å²) in [6.45, 7) is 0. The topological polar surface area (TPSA) is 81.7 Å². The minimum Gasteiger partial charge on any atom is -0.383 e. The molecule has 0 amide bonds. The van der Waals surface area contributed by atoms with Crippen molar-refractivity contribution in [2.24, 2.45) is 5.92 Å². The van der Waals surface area contributed by atoms with E-state index in [0.717, 1.165) is 34.0 Å². The van der Waals surface area contributed by atoms with Crippen LogP contribution in [0.15, 0.2) is 36.8 Å². The van der Waals surface area contributed by atoms with Gasteiger partial charge in [-0.25, -0.2) is 15.0 Å². The highest BCUT2D eigenvalue weighted by molar-refractivity contribution is 7.22. The Bertz CT molecular complexity index is 1130. The number of hydrogen-bond donors (Lipinski definition) is 2. The maximum Gasteiger partial charge on any atom is 0.183 e. The monoisotopic (exact) mass is 392 g/mol. The van der Waals surface area contributed by atoms with Crippen molar-refractivity contribution in [1.82, 2.24) is 19.5 Å². The summed E-state index contributed by atoms with van der Waals surface area (Å²) in [4.78, 5) is 13.2. The van der Waals surface area contributed by atoms with Gasteiger partial charge < -0.3 is 15.6 Å². The zero-order chi connectivity index (χ0) is 19.1. The van der Waals surface area contributed by atoms with E-state index < -0.39 is 0 Å². The zero-order valence-corrected chi connectivity index (χ0v) is 16.7. The molecule has 1 saturated carbocycles. The van der Waals surface area contributed by atoms with Gasteiger partial charge in [0.05, 0.1) is 15.6 Å². The Morgan fingerprint density at radius 3 is 3.07 bits per heavy atom. The lowest BCUT2D eigenvalue weighted by Gasteiger charge is -2.14. The minimum absolute atomic E-state index is 0.510. The summed E-state index contributed by atoms with van der Waals surface area (Å²) < 4.78 is 3.54. The van der Waals surface area contributed by atoms with Crippen LogP contribution in [0.2, 0.25) is 0 Å². The van der Waals surface area contributed by atoms with E-state index in [-0.39, 0.29) is 0 Å². The summed E-state index contributed by atoms with van der Waals surface area (Å²) in [5, 5.41) is 5.08. The van der Waals surface area contributed by atoms with Gasteiger partial charge in [-0.15, -0.1) is 0 Å².